The van der Waals surface area contributed by atoms with Gasteiger partial charge >= 0.3 is 0 Å². The van der Waals surface area contributed by atoms with Gasteiger partial charge < -0.3 is 15.0 Å². The van der Waals surface area contributed by atoms with Crippen molar-refractivity contribution in [2.75, 3.05) is 19.6 Å². The van der Waals surface area contributed by atoms with Crippen LogP contribution in [0.2, 0.25) is 5.02 Å². The molecule has 1 rings (SSSR count). The molecule has 118 valence electrons. The summed E-state index contributed by atoms with van der Waals surface area (Å²) in [7, 11) is 0. The molecule has 0 bridgehead atoms. The molecule has 0 saturated carbocycles. The van der Waals surface area contributed by atoms with Crippen LogP contribution in [0.4, 0.5) is 0 Å². The fraction of sp³-hybridized carbons (Fsp3) is 0.562. The Labute approximate surface area is 132 Å². The Morgan fingerprint density at radius 2 is 2.00 bits per heavy atom. The first-order chi connectivity index (χ1) is 10.0. The molecule has 0 aliphatic heterocycles. The van der Waals surface area contributed by atoms with Gasteiger partial charge in [0.25, 0.3) is 5.91 Å². The number of carbonyl (C=O) groups excluding carboxylic acids is 1. The molecular weight excluding hydrogens is 288 g/mol. The SMILES string of the molecule is CCNCc1c(Cl)cccc1OC(C)C(=O)N(CC)CC. The summed E-state index contributed by atoms with van der Waals surface area (Å²) in [6.45, 7) is 10.6. The largest absolute Gasteiger partial charge is 0.481 e. The third kappa shape index (κ3) is 4.90. The standard InChI is InChI=1S/C16H25ClN2O2/c1-5-18-11-13-14(17)9-8-10-15(13)21-12(4)16(20)19(6-2)7-3/h8-10,12,18H,5-7,11H2,1-4H3. The minimum atomic E-state index is -0.524. The summed E-state index contributed by atoms with van der Waals surface area (Å²) < 4.78 is 5.85. The van der Waals surface area contributed by atoms with Gasteiger partial charge in [-0.3, -0.25) is 4.79 Å². The van der Waals surface area contributed by atoms with Gasteiger partial charge in [0.05, 0.1) is 0 Å². The van der Waals surface area contributed by atoms with Crippen LogP contribution < -0.4 is 10.1 Å². The van der Waals surface area contributed by atoms with Crippen molar-refractivity contribution in [1.82, 2.24) is 10.2 Å². The lowest BCUT2D eigenvalue weighted by atomic mass is 10.2. The summed E-state index contributed by atoms with van der Waals surface area (Å²) in [6, 6.07) is 5.52. The summed E-state index contributed by atoms with van der Waals surface area (Å²) in [4.78, 5) is 14.0. The fourth-order valence-corrected chi connectivity index (χ4v) is 2.34. The van der Waals surface area contributed by atoms with Crippen molar-refractivity contribution in [2.45, 2.75) is 40.3 Å². The molecule has 0 aliphatic carbocycles. The second-order valence-electron chi connectivity index (χ2n) is 4.77. The van der Waals surface area contributed by atoms with E-state index in [1.54, 1.807) is 11.8 Å². The summed E-state index contributed by atoms with van der Waals surface area (Å²) >= 11 is 6.23. The number of nitrogens with one attached hydrogen (secondary N) is 1. The molecule has 0 saturated heterocycles. The van der Waals surface area contributed by atoms with Crippen molar-refractivity contribution in [3.8, 4) is 5.75 Å². The van der Waals surface area contributed by atoms with Crippen LogP contribution in [0.3, 0.4) is 0 Å². The monoisotopic (exact) mass is 312 g/mol. The van der Waals surface area contributed by atoms with E-state index in [0.717, 1.165) is 12.1 Å². The second-order valence-corrected chi connectivity index (χ2v) is 5.17. The van der Waals surface area contributed by atoms with E-state index in [-0.39, 0.29) is 5.91 Å². The Hall–Kier alpha value is -1.26. The minimum absolute atomic E-state index is 0.00521. The number of carbonyl (C=O) groups is 1. The first-order valence-electron chi connectivity index (χ1n) is 7.48. The van der Waals surface area contributed by atoms with Crippen molar-refractivity contribution < 1.29 is 9.53 Å². The number of nitrogens with zero attached hydrogens (tertiary/aromatic N) is 1. The summed E-state index contributed by atoms with van der Waals surface area (Å²) in [5, 5.41) is 3.88. The van der Waals surface area contributed by atoms with Gasteiger partial charge in [-0.15, -0.1) is 0 Å². The molecule has 1 unspecified atom stereocenters. The molecule has 0 heterocycles. The van der Waals surface area contributed by atoms with Crippen molar-refractivity contribution >= 4 is 17.5 Å². The van der Waals surface area contributed by atoms with E-state index in [4.69, 9.17) is 16.3 Å². The van der Waals surface area contributed by atoms with Gasteiger partial charge in [-0.1, -0.05) is 24.6 Å². The van der Waals surface area contributed by atoms with Crippen LogP contribution >= 0.6 is 11.6 Å². The van der Waals surface area contributed by atoms with Crippen molar-refractivity contribution in [1.29, 1.82) is 0 Å². The van der Waals surface area contributed by atoms with Crippen LogP contribution in [-0.2, 0) is 11.3 Å². The Morgan fingerprint density at radius 1 is 1.33 bits per heavy atom. The van der Waals surface area contributed by atoms with Crippen LogP contribution in [0.5, 0.6) is 5.75 Å². The molecule has 0 aromatic heterocycles. The first-order valence-corrected chi connectivity index (χ1v) is 7.86. The molecule has 0 aliphatic rings. The average molecular weight is 313 g/mol. The van der Waals surface area contributed by atoms with Gasteiger partial charge in [-0.25, -0.2) is 0 Å². The van der Waals surface area contributed by atoms with Crippen molar-refractivity contribution in [2.24, 2.45) is 0 Å². The first kappa shape index (κ1) is 17.8. The Balaban J connectivity index is 2.86. The van der Waals surface area contributed by atoms with Crippen LogP contribution in [-0.4, -0.2) is 36.5 Å². The highest BCUT2D eigenvalue weighted by Crippen LogP contribution is 2.27. The lowest BCUT2D eigenvalue weighted by molar-refractivity contribution is -0.137. The lowest BCUT2D eigenvalue weighted by Gasteiger charge is -2.24. The van der Waals surface area contributed by atoms with Crippen LogP contribution in [0, 0.1) is 0 Å². The predicted molar refractivity (Wildman–Crippen MR) is 86.9 cm³/mol. The number of halogens is 1. The number of ether oxygens (including phenoxy) is 1. The molecule has 1 aromatic carbocycles. The van der Waals surface area contributed by atoms with Crippen molar-refractivity contribution in [3.63, 3.8) is 0 Å². The smallest absolute Gasteiger partial charge is 0.263 e. The maximum Gasteiger partial charge on any atom is 0.263 e. The Morgan fingerprint density at radius 3 is 2.57 bits per heavy atom. The van der Waals surface area contributed by atoms with E-state index in [9.17, 15) is 4.79 Å². The minimum Gasteiger partial charge on any atom is -0.481 e. The normalized spacial score (nSPS) is 12.0. The van der Waals surface area contributed by atoms with Crippen LogP contribution in [0.1, 0.15) is 33.3 Å². The number of hydrogen-bond donors (Lipinski definition) is 1. The Kier molecular flexibility index (Phi) is 7.54. The summed E-state index contributed by atoms with van der Waals surface area (Å²) in [5.41, 5.74) is 0.889. The second kappa shape index (κ2) is 8.90. The molecule has 1 amide bonds. The number of hydrogen-bond acceptors (Lipinski definition) is 3. The van der Waals surface area contributed by atoms with Gasteiger partial charge in [0.2, 0.25) is 0 Å². The maximum atomic E-state index is 12.3. The molecular formula is C16H25ClN2O2. The Bertz CT molecular complexity index is 462. The van der Waals surface area contributed by atoms with E-state index >= 15 is 0 Å². The van der Waals surface area contributed by atoms with Gasteiger partial charge in [0.15, 0.2) is 6.10 Å². The lowest BCUT2D eigenvalue weighted by Crippen LogP contribution is -2.40. The molecule has 0 spiro atoms. The molecule has 0 fully saturated rings. The molecule has 1 atom stereocenters. The van der Waals surface area contributed by atoms with E-state index in [2.05, 4.69) is 5.32 Å². The molecule has 0 radical (unpaired) electrons. The zero-order valence-electron chi connectivity index (χ0n) is 13.3. The van der Waals surface area contributed by atoms with Gasteiger partial charge in [-0.2, -0.15) is 0 Å². The highest BCUT2D eigenvalue weighted by Gasteiger charge is 2.21. The molecule has 5 heteroatoms. The number of amides is 1. The highest BCUT2D eigenvalue weighted by molar-refractivity contribution is 6.31. The number of rotatable bonds is 8. The zero-order chi connectivity index (χ0) is 15.8. The molecule has 1 aromatic rings. The fourth-order valence-electron chi connectivity index (χ4n) is 2.10. The number of benzene rings is 1. The van der Waals surface area contributed by atoms with E-state index in [1.807, 2.05) is 39.0 Å². The van der Waals surface area contributed by atoms with E-state index in [1.165, 1.54) is 0 Å². The third-order valence-electron chi connectivity index (χ3n) is 3.35. The molecule has 1 N–H and O–H groups in total. The third-order valence-corrected chi connectivity index (χ3v) is 3.71. The molecule has 21 heavy (non-hydrogen) atoms. The number of likely N-dealkylation sites (N-methyl/N-ethyl adjacent to an activating group) is 1. The van der Waals surface area contributed by atoms with Crippen LogP contribution in [0.15, 0.2) is 18.2 Å². The summed E-state index contributed by atoms with van der Waals surface area (Å²) in [6.07, 6.45) is -0.524. The average Bonchev–Trinajstić information content (AvgIpc) is 2.47. The maximum absolute atomic E-state index is 12.3. The van der Waals surface area contributed by atoms with Gasteiger partial charge in [0.1, 0.15) is 5.75 Å². The van der Waals surface area contributed by atoms with Crippen molar-refractivity contribution in [3.05, 3.63) is 28.8 Å². The topological polar surface area (TPSA) is 41.6 Å². The van der Waals surface area contributed by atoms with Crippen LogP contribution in [0.25, 0.3) is 0 Å². The summed E-state index contributed by atoms with van der Waals surface area (Å²) in [5.74, 6) is 0.658. The van der Waals surface area contributed by atoms with E-state index in [0.29, 0.717) is 30.4 Å². The predicted octanol–water partition coefficient (Wildman–Crippen LogP) is 3.09. The molecule has 4 nitrogen and oxygen atoms in total. The zero-order valence-corrected chi connectivity index (χ0v) is 14.0. The van der Waals surface area contributed by atoms with Gasteiger partial charge in [-0.05, 0) is 39.4 Å². The highest BCUT2D eigenvalue weighted by atomic mass is 35.5. The van der Waals surface area contributed by atoms with Gasteiger partial charge in [0, 0.05) is 30.2 Å². The quantitative estimate of drug-likeness (QED) is 0.802. The van der Waals surface area contributed by atoms with E-state index < -0.39 is 6.10 Å².